The standard InChI is InChI=1S/C10H13ClN2/c1-3-10(2)6-12-7-4-5-8(11)13-9(7)10/h4-5,12H,3,6H2,1-2H3. The van der Waals surface area contributed by atoms with E-state index in [9.17, 15) is 0 Å². The van der Waals surface area contributed by atoms with Crippen molar-refractivity contribution in [1.29, 1.82) is 0 Å². The predicted octanol–water partition coefficient (Wildman–Crippen LogP) is 2.83. The van der Waals surface area contributed by atoms with Gasteiger partial charge in [-0.25, -0.2) is 4.98 Å². The van der Waals surface area contributed by atoms with Gasteiger partial charge < -0.3 is 5.32 Å². The molecule has 0 bridgehead atoms. The van der Waals surface area contributed by atoms with Gasteiger partial charge in [0, 0.05) is 12.0 Å². The minimum Gasteiger partial charge on any atom is -0.383 e. The number of aromatic nitrogens is 1. The van der Waals surface area contributed by atoms with Gasteiger partial charge in [0.1, 0.15) is 5.15 Å². The van der Waals surface area contributed by atoms with Crippen molar-refractivity contribution in [2.75, 3.05) is 11.9 Å². The van der Waals surface area contributed by atoms with E-state index < -0.39 is 0 Å². The normalized spacial score (nSPS) is 25.5. The molecule has 13 heavy (non-hydrogen) atoms. The van der Waals surface area contributed by atoms with E-state index in [1.54, 1.807) is 0 Å². The Kier molecular flexibility index (Phi) is 1.95. The Labute approximate surface area is 83.3 Å². The van der Waals surface area contributed by atoms with Crippen LogP contribution >= 0.6 is 11.6 Å². The monoisotopic (exact) mass is 196 g/mol. The Bertz CT molecular complexity index is 338. The van der Waals surface area contributed by atoms with Gasteiger partial charge >= 0.3 is 0 Å². The maximum atomic E-state index is 5.87. The Morgan fingerprint density at radius 1 is 1.62 bits per heavy atom. The molecule has 2 rings (SSSR count). The minimum atomic E-state index is 0.153. The third-order valence-electron chi connectivity index (χ3n) is 2.88. The van der Waals surface area contributed by atoms with Crippen molar-refractivity contribution < 1.29 is 0 Å². The number of hydrogen-bond acceptors (Lipinski definition) is 2. The van der Waals surface area contributed by atoms with Crippen LogP contribution in [0.4, 0.5) is 5.69 Å². The lowest BCUT2D eigenvalue weighted by Crippen LogP contribution is -2.23. The molecule has 2 heterocycles. The van der Waals surface area contributed by atoms with Gasteiger partial charge in [-0.05, 0) is 18.6 Å². The van der Waals surface area contributed by atoms with Crippen LogP contribution in [0.5, 0.6) is 0 Å². The van der Waals surface area contributed by atoms with E-state index in [2.05, 4.69) is 24.1 Å². The average molecular weight is 197 g/mol. The van der Waals surface area contributed by atoms with Gasteiger partial charge in [0.05, 0.1) is 11.4 Å². The minimum absolute atomic E-state index is 0.153. The number of anilines is 1. The number of halogens is 1. The highest BCUT2D eigenvalue weighted by atomic mass is 35.5. The molecule has 1 aliphatic heterocycles. The van der Waals surface area contributed by atoms with E-state index in [0.717, 1.165) is 24.3 Å². The van der Waals surface area contributed by atoms with Crippen molar-refractivity contribution in [2.45, 2.75) is 25.7 Å². The summed E-state index contributed by atoms with van der Waals surface area (Å²) in [7, 11) is 0. The fourth-order valence-electron chi connectivity index (χ4n) is 1.70. The molecule has 0 spiro atoms. The summed E-state index contributed by atoms with van der Waals surface area (Å²) in [5.41, 5.74) is 2.40. The second kappa shape index (κ2) is 2.88. The lowest BCUT2D eigenvalue weighted by atomic mass is 9.86. The van der Waals surface area contributed by atoms with E-state index in [1.807, 2.05) is 12.1 Å². The van der Waals surface area contributed by atoms with Gasteiger partial charge in [-0.15, -0.1) is 0 Å². The molecule has 0 aromatic carbocycles. The first-order valence-corrected chi connectivity index (χ1v) is 4.94. The van der Waals surface area contributed by atoms with Gasteiger partial charge in [-0.2, -0.15) is 0 Å². The van der Waals surface area contributed by atoms with Crippen LogP contribution in [-0.4, -0.2) is 11.5 Å². The summed E-state index contributed by atoms with van der Waals surface area (Å²) in [6.07, 6.45) is 1.08. The molecular formula is C10H13ClN2. The number of rotatable bonds is 1. The van der Waals surface area contributed by atoms with Crippen molar-refractivity contribution >= 4 is 17.3 Å². The summed E-state index contributed by atoms with van der Waals surface area (Å²) >= 11 is 5.87. The van der Waals surface area contributed by atoms with Crippen molar-refractivity contribution in [3.63, 3.8) is 0 Å². The fourth-order valence-corrected chi connectivity index (χ4v) is 1.85. The molecule has 1 unspecified atom stereocenters. The Balaban J connectivity index is 2.52. The third kappa shape index (κ3) is 1.29. The number of fused-ring (bicyclic) bond motifs is 1. The Morgan fingerprint density at radius 3 is 3.08 bits per heavy atom. The summed E-state index contributed by atoms with van der Waals surface area (Å²) in [6.45, 7) is 5.36. The van der Waals surface area contributed by atoms with Crippen LogP contribution in [0.15, 0.2) is 12.1 Å². The Hall–Kier alpha value is -0.760. The van der Waals surface area contributed by atoms with Gasteiger partial charge in [0.15, 0.2) is 0 Å². The number of pyridine rings is 1. The van der Waals surface area contributed by atoms with Crippen molar-refractivity contribution in [2.24, 2.45) is 0 Å². The molecule has 0 aliphatic carbocycles. The topological polar surface area (TPSA) is 24.9 Å². The van der Waals surface area contributed by atoms with Crippen molar-refractivity contribution in [3.05, 3.63) is 23.0 Å². The van der Waals surface area contributed by atoms with Crippen LogP contribution in [0, 0.1) is 0 Å². The molecule has 3 heteroatoms. The number of hydrogen-bond donors (Lipinski definition) is 1. The summed E-state index contributed by atoms with van der Waals surface area (Å²) in [5.74, 6) is 0. The molecule has 1 atom stereocenters. The summed E-state index contributed by atoms with van der Waals surface area (Å²) in [5, 5.41) is 3.93. The summed E-state index contributed by atoms with van der Waals surface area (Å²) in [6, 6.07) is 3.83. The van der Waals surface area contributed by atoms with Crippen LogP contribution in [0.3, 0.4) is 0 Å². The first-order valence-electron chi connectivity index (χ1n) is 4.56. The molecule has 70 valence electrons. The zero-order chi connectivity index (χ0) is 9.47. The lowest BCUT2D eigenvalue weighted by Gasteiger charge is -2.20. The second-order valence-corrected chi connectivity index (χ2v) is 4.19. The molecule has 0 radical (unpaired) electrons. The van der Waals surface area contributed by atoms with E-state index in [4.69, 9.17) is 11.6 Å². The van der Waals surface area contributed by atoms with Gasteiger partial charge in [-0.3, -0.25) is 0 Å². The highest BCUT2D eigenvalue weighted by molar-refractivity contribution is 6.29. The SMILES string of the molecule is CCC1(C)CNc2ccc(Cl)nc21. The van der Waals surface area contributed by atoms with Crippen LogP contribution in [0.1, 0.15) is 26.0 Å². The average Bonchev–Trinajstić information content (AvgIpc) is 2.45. The van der Waals surface area contributed by atoms with E-state index in [0.29, 0.717) is 5.15 Å². The second-order valence-electron chi connectivity index (χ2n) is 3.80. The van der Waals surface area contributed by atoms with Crippen LogP contribution in [0.2, 0.25) is 5.15 Å². The fraction of sp³-hybridized carbons (Fsp3) is 0.500. The summed E-state index contributed by atoms with van der Waals surface area (Å²) < 4.78 is 0. The maximum Gasteiger partial charge on any atom is 0.129 e. The molecule has 0 saturated carbocycles. The summed E-state index contributed by atoms with van der Waals surface area (Å²) in [4.78, 5) is 4.38. The molecule has 1 aromatic heterocycles. The molecule has 0 amide bonds. The molecule has 1 aliphatic rings. The van der Waals surface area contributed by atoms with Crippen molar-refractivity contribution in [1.82, 2.24) is 4.98 Å². The number of nitrogens with one attached hydrogen (secondary N) is 1. The first kappa shape index (κ1) is 8.82. The zero-order valence-electron chi connectivity index (χ0n) is 7.89. The first-order chi connectivity index (χ1) is 6.15. The van der Waals surface area contributed by atoms with Crippen LogP contribution < -0.4 is 5.32 Å². The quantitative estimate of drug-likeness (QED) is 0.699. The van der Waals surface area contributed by atoms with E-state index in [-0.39, 0.29) is 5.41 Å². The molecule has 1 aromatic rings. The van der Waals surface area contributed by atoms with Crippen LogP contribution in [0.25, 0.3) is 0 Å². The van der Waals surface area contributed by atoms with E-state index in [1.165, 1.54) is 0 Å². The van der Waals surface area contributed by atoms with Crippen LogP contribution in [-0.2, 0) is 5.41 Å². The largest absolute Gasteiger partial charge is 0.383 e. The van der Waals surface area contributed by atoms with Crippen molar-refractivity contribution in [3.8, 4) is 0 Å². The molecule has 2 nitrogen and oxygen atoms in total. The lowest BCUT2D eigenvalue weighted by molar-refractivity contribution is 0.491. The predicted molar refractivity (Wildman–Crippen MR) is 55.4 cm³/mol. The van der Waals surface area contributed by atoms with Gasteiger partial charge in [0.25, 0.3) is 0 Å². The smallest absolute Gasteiger partial charge is 0.129 e. The third-order valence-corrected chi connectivity index (χ3v) is 3.09. The highest BCUT2D eigenvalue weighted by Gasteiger charge is 2.34. The molecule has 0 saturated heterocycles. The van der Waals surface area contributed by atoms with Gasteiger partial charge in [0.2, 0.25) is 0 Å². The molecular weight excluding hydrogens is 184 g/mol. The molecule has 1 N–H and O–H groups in total. The number of nitrogens with zero attached hydrogens (tertiary/aromatic N) is 1. The zero-order valence-corrected chi connectivity index (χ0v) is 8.65. The van der Waals surface area contributed by atoms with E-state index >= 15 is 0 Å². The highest BCUT2D eigenvalue weighted by Crippen LogP contribution is 2.37. The Morgan fingerprint density at radius 2 is 2.38 bits per heavy atom. The van der Waals surface area contributed by atoms with Gasteiger partial charge in [-0.1, -0.05) is 25.4 Å². The maximum absolute atomic E-state index is 5.87. The molecule has 0 fully saturated rings.